The van der Waals surface area contributed by atoms with Crippen LogP contribution in [0.25, 0.3) is 0 Å². The van der Waals surface area contributed by atoms with Crippen molar-refractivity contribution in [1.29, 1.82) is 0 Å². The van der Waals surface area contributed by atoms with Crippen LogP contribution < -0.4 is 0 Å². The van der Waals surface area contributed by atoms with Crippen LogP contribution in [-0.4, -0.2) is 23.1 Å². The summed E-state index contributed by atoms with van der Waals surface area (Å²) in [6, 6.07) is 0. The van der Waals surface area contributed by atoms with Crippen molar-refractivity contribution in [2.24, 2.45) is 5.41 Å². The summed E-state index contributed by atoms with van der Waals surface area (Å²) >= 11 is 0. The fourth-order valence-electron chi connectivity index (χ4n) is 1.98. The van der Waals surface area contributed by atoms with Gasteiger partial charge in [-0.25, -0.2) is 0 Å². The van der Waals surface area contributed by atoms with Gasteiger partial charge in [0.2, 0.25) is 0 Å². The van der Waals surface area contributed by atoms with Gasteiger partial charge in [0.05, 0.1) is 0 Å². The normalized spacial score (nSPS) is 24.6. The lowest BCUT2D eigenvalue weighted by Crippen LogP contribution is -2.39. The minimum atomic E-state index is -1.25. The molecule has 1 fully saturated rings. The number of ketones is 2. The van der Waals surface area contributed by atoms with Crippen LogP contribution >= 0.6 is 0 Å². The third-order valence-corrected chi connectivity index (χ3v) is 2.84. The molecule has 1 saturated carbocycles. The van der Waals surface area contributed by atoms with Crippen LogP contribution in [0.3, 0.4) is 0 Å². The molecule has 0 amide bonds. The van der Waals surface area contributed by atoms with Crippen LogP contribution in [-0.2, 0) is 19.1 Å². The Morgan fingerprint density at radius 1 is 1.33 bits per heavy atom. The Kier molecular flexibility index (Phi) is 4.09. The summed E-state index contributed by atoms with van der Waals surface area (Å²) in [5.41, 5.74) is -1.89. The Bertz CT molecular complexity index is 401. The lowest BCUT2D eigenvalue weighted by atomic mass is 9.84. The molecule has 0 saturated heterocycles. The van der Waals surface area contributed by atoms with Crippen molar-refractivity contribution in [3.05, 3.63) is 12.2 Å². The molecule has 0 heterocycles. The topological polar surface area (TPSA) is 60.4 Å². The number of carbonyl (C=O) groups excluding carboxylic acids is 3. The van der Waals surface area contributed by atoms with Gasteiger partial charge in [0, 0.05) is 6.42 Å². The van der Waals surface area contributed by atoms with E-state index in [1.54, 1.807) is 20.8 Å². The smallest absolute Gasteiger partial charge is 0.324 e. The Labute approximate surface area is 107 Å². The van der Waals surface area contributed by atoms with Crippen LogP contribution in [0.2, 0.25) is 0 Å². The van der Waals surface area contributed by atoms with E-state index in [1.807, 2.05) is 0 Å². The first-order valence-corrected chi connectivity index (χ1v) is 6.14. The predicted octanol–water partition coefficient (Wildman–Crippen LogP) is 2.21. The zero-order chi connectivity index (χ0) is 14.0. The third kappa shape index (κ3) is 3.28. The van der Waals surface area contributed by atoms with E-state index in [9.17, 15) is 14.4 Å². The molecule has 0 aromatic heterocycles. The molecule has 1 rings (SSSR count). The zero-order valence-corrected chi connectivity index (χ0v) is 11.4. The summed E-state index contributed by atoms with van der Waals surface area (Å²) in [5.74, 6) is -0.887. The van der Waals surface area contributed by atoms with Crippen molar-refractivity contribution in [1.82, 2.24) is 0 Å². The number of hydrogen-bond donors (Lipinski definition) is 0. The van der Waals surface area contributed by atoms with Gasteiger partial charge in [-0.2, -0.15) is 0 Å². The molecular weight excluding hydrogens is 232 g/mol. The van der Waals surface area contributed by atoms with Gasteiger partial charge in [0.1, 0.15) is 11.0 Å². The quantitative estimate of drug-likeness (QED) is 0.439. The van der Waals surface area contributed by atoms with E-state index >= 15 is 0 Å². The Morgan fingerprint density at radius 3 is 2.33 bits per heavy atom. The molecule has 18 heavy (non-hydrogen) atoms. The van der Waals surface area contributed by atoms with Gasteiger partial charge in [-0.3, -0.25) is 14.4 Å². The van der Waals surface area contributed by atoms with E-state index in [0.717, 1.165) is 0 Å². The molecule has 1 atom stereocenters. The summed E-state index contributed by atoms with van der Waals surface area (Å²) < 4.78 is 5.31. The van der Waals surface area contributed by atoms with Crippen LogP contribution in [0.5, 0.6) is 0 Å². The number of carbonyl (C=O) groups is 3. The van der Waals surface area contributed by atoms with Crippen molar-refractivity contribution < 1.29 is 19.1 Å². The third-order valence-electron chi connectivity index (χ3n) is 2.84. The SMILES string of the molecule is CC(=O)/C=C/[C@@]1(C(=O)OC(C)(C)C)CCCC1=O. The highest BCUT2D eigenvalue weighted by Crippen LogP contribution is 2.38. The minimum Gasteiger partial charge on any atom is -0.459 e. The van der Waals surface area contributed by atoms with Gasteiger partial charge in [0.15, 0.2) is 11.6 Å². The highest BCUT2D eigenvalue weighted by molar-refractivity contribution is 6.08. The highest BCUT2D eigenvalue weighted by Gasteiger charge is 2.48. The second kappa shape index (κ2) is 5.04. The second-order valence-electron chi connectivity index (χ2n) is 5.69. The van der Waals surface area contributed by atoms with Gasteiger partial charge in [-0.1, -0.05) is 6.08 Å². The van der Waals surface area contributed by atoms with E-state index in [4.69, 9.17) is 4.74 Å². The van der Waals surface area contributed by atoms with Crippen molar-refractivity contribution in [2.75, 3.05) is 0 Å². The Hall–Kier alpha value is -1.45. The van der Waals surface area contributed by atoms with E-state index in [2.05, 4.69) is 0 Å². The first-order valence-electron chi connectivity index (χ1n) is 6.14. The summed E-state index contributed by atoms with van der Waals surface area (Å²) in [5, 5.41) is 0. The van der Waals surface area contributed by atoms with E-state index in [-0.39, 0.29) is 11.6 Å². The van der Waals surface area contributed by atoms with Crippen LogP contribution in [0, 0.1) is 5.41 Å². The largest absolute Gasteiger partial charge is 0.459 e. The highest BCUT2D eigenvalue weighted by atomic mass is 16.6. The summed E-state index contributed by atoms with van der Waals surface area (Å²) in [6.45, 7) is 6.66. The minimum absolute atomic E-state index is 0.158. The second-order valence-corrected chi connectivity index (χ2v) is 5.69. The van der Waals surface area contributed by atoms with Crippen molar-refractivity contribution in [2.45, 2.75) is 52.6 Å². The monoisotopic (exact) mass is 252 g/mol. The summed E-state index contributed by atoms with van der Waals surface area (Å²) in [7, 11) is 0. The zero-order valence-electron chi connectivity index (χ0n) is 11.4. The number of rotatable bonds is 3. The first kappa shape index (κ1) is 14.6. The molecule has 1 aliphatic rings. The number of esters is 1. The van der Waals surface area contributed by atoms with E-state index in [1.165, 1.54) is 19.1 Å². The number of Topliss-reactive ketones (excluding diaryl/α,β-unsaturated/α-hetero) is 1. The Balaban J connectivity index is 3.02. The molecule has 0 unspecified atom stereocenters. The van der Waals surface area contributed by atoms with Gasteiger partial charge in [-0.05, 0) is 46.6 Å². The molecular formula is C14H20O4. The van der Waals surface area contributed by atoms with Gasteiger partial charge in [-0.15, -0.1) is 0 Å². The molecule has 0 aromatic carbocycles. The molecule has 0 aromatic rings. The molecule has 0 bridgehead atoms. The maximum absolute atomic E-state index is 12.2. The molecule has 4 nitrogen and oxygen atoms in total. The lowest BCUT2D eigenvalue weighted by Gasteiger charge is -2.27. The Morgan fingerprint density at radius 2 is 1.94 bits per heavy atom. The molecule has 0 radical (unpaired) electrons. The van der Waals surface area contributed by atoms with Gasteiger partial charge in [0.25, 0.3) is 0 Å². The predicted molar refractivity (Wildman–Crippen MR) is 67.0 cm³/mol. The fourth-order valence-corrected chi connectivity index (χ4v) is 1.98. The molecule has 100 valence electrons. The molecule has 1 aliphatic carbocycles. The van der Waals surface area contributed by atoms with Crippen LogP contribution in [0.4, 0.5) is 0 Å². The lowest BCUT2D eigenvalue weighted by molar-refractivity contribution is -0.166. The van der Waals surface area contributed by atoms with Crippen molar-refractivity contribution in [3.8, 4) is 0 Å². The molecule has 0 N–H and O–H groups in total. The molecule has 0 spiro atoms. The van der Waals surface area contributed by atoms with Crippen molar-refractivity contribution >= 4 is 17.5 Å². The van der Waals surface area contributed by atoms with Crippen LogP contribution in [0.1, 0.15) is 47.0 Å². The maximum Gasteiger partial charge on any atom is 0.324 e. The van der Waals surface area contributed by atoms with E-state index < -0.39 is 17.0 Å². The average molecular weight is 252 g/mol. The number of allylic oxidation sites excluding steroid dienone is 1. The van der Waals surface area contributed by atoms with Gasteiger partial charge >= 0.3 is 5.97 Å². The molecule has 0 aliphatic heterocycles. The van der Waals surface area contributed by atoms with Gasteiger partial charge < -0.3 is 4.74 Å². The number of hydrogen-bond acceptors (Lipinski definition) is 4. The fraction of sp³-hybridized carbons (Fsp3) is 0.643. The number of ether oxygens (including phenoxy) is 1. The maximum atomic E-state index is 12.2. The van der Waals surface area contributed by atoms with E-state index in [0.29, 0.717) is 19.3 Å². The molecule has 4 heteroatoms. The first-order chi connectivity index (χ1) is 8.17. The van der Waals surface area contributed by atoms with Crippen LogP contribution in [0.15, 0.2) is 12.2 Å². The summed E-state index contributed by atoms with van der Waals surface area (Å²) in [6.07, 6.45) is 4.14. The van der Waals surface area contributed by atoms with Crippen molar-refractivity contribution in [3.63, 3.8) is 0 Å². The average Bonchev–Trinajstić information content (AvgIpc) is 2.55. The summed E-state index contributed by atoms with van der Waals surface area (Å²) in [4.78, 5) is 35.2. The standard InChI is InChI=1S/C14H20O4/c1-10(15)7-9-14(8-5-6-11(14)16)12(17)18-13(2,3)4/h7,9H,5-6,8H2,1-4H3/b9-7+/t14-/m0/s1.